The van der Waals surface area contributed by atoms with Crippen molar-refractivity contribution in [3.05, 3.63) is 23.9 Å². The third kappa shape index (κ3) is 4.84. The standard InChI is InChI=1S/C17H24F3N3O2/c1-4-25-23(12(2)3)16(24)13-7-9-22(10-8-13)15-6-5-14(11-21-15)17(18,19)20/h5-6,11-13H,4,7-10H2,1-3H3. The molecule has 1 aromatic rings. The van der Waals surface area contributed by atoms with E-state index in [0.717, 1.165) is 12.3 Å². The van der Waals surface area contributed by atoms with Gasteiger partial charge in [0.25, 0.3) is 0 Å². The van der Waals surface area contributed by atoms with Crippen molar-refractivity contribution in [1.82, 2.24) is 10.0 Å². The fourth-order valence-corrected chi connectivity index (χ4v) is 2.88. The SMILES string of the molecule is CCON(C(=O)C1CCN(c2ccc(C(F)(F)F)cn2)CC1)C(C)C. The highest BCUT2D eigenvalue weighted by atomic mass is 19.4. The fourth-order valence-electron chi connectivity index (χ4n) is 2.88. The van der Waals surface area contributed by atoms with Gasteiger partial charge in [0, 0.05) is 25.2 Å². The summed E-state index contributed by atoms with van der Waals surface area (Å²) in [5.74, 6) is 0.334. The molecule has 1 amide bonds. The predicted octanol–water partition coefficient (Wildman–Crippen LogP) is 3.51. The molecule has 1 aliphatic heterocycles. The summed E-state index contributed by atoms with van der Waals surface area (Å²) in [6.45, 7) is 7.21. The van der Waals surface area contributed by atoms with E-state index in [4.69, 9.17) is 4.84 Å². The van der Waals surface area contributed by atoms with E-state index in [2.05, 4.69) is 4.98 Å². The second-order valence-electron chi connectivity index (χ2n) is 6.34. The van der Waals surface area contributed by atoms with Gasteiger partial charge in [-0.1, -0.05) is 0 Å². The number of piperidine rings is 1. The summed E-state index contributed by atoms with van der Waals surface area (Å²) < 4.78 is 37.8. The number of pyridine rings is 1. The molecule has 1 aromatic heterocycles. The molecule has 8 heteroatoms. The molecule has 0 aromatic carbocycles. The quantitative estimate of drug-likeness (QED) is 0.755. The first-order valence-electron chi connectivity index (χ1n) is 8.48. The van der Waals surface area contributed by atoms with Crippen LogP contribution < -0.4 is 4.90 Å². The number of carbonyl (C=O) groups excluding carboxylic acids is 1. The molecule has 0 spiro atoms. The van der Waals surface area contributed by atoms with E-state index < -0.39 is 11.7 Å². The van der Waals surface area contributed by atoms with E-state index >= 15 is 0 Å². The highest BCUT2D eigenvalue weighted by molar-refractivity contribution is 5.78. The Balaban J connectivity index is 1.96. The van der Waals surface area contributed by atoms with Gasteiger partial charge in [-0.25, -0.2) is 10.0 Å². The molecule has 1 aliphatic rings. The van der Waals surface area contributed by atoms with Crippen molar-refractivity contribution in [2.45, 2.75) is 45.8 Å². The van der Waals surface area contributed by atoms with Gasteiger partial charge in [-0.3, -0.25) is 9.63 Å². The van der Waals surface area contributed by atoms with Crippen molar-refractivity contribution in [2.24, 2.45) is 5.92 Å². The maximum absolute atomic E-state index is 12.6. The van der Waals surface area contributed by atoms with E-state index in [1.807, 2.05) is 25.7 Å². The molecule has 0 saturated carbocycles. The first-order chi connectivity index (χ1) is 11.7. The molecule has 5 nitrogen and oxygen atoms in total. The van der Waals surface area contributed by atoms with E-state index in [1.54, 1.807) is 0 Å². The Morgan fingerprint density at radius 2 is 2.00 bits per heavy atom. The summed E-state index contributed by atoms with van der Waals surface area (Å²) in [6, 6.07) is 2.38. The normalized spacial score (nSPS) is 16.4. The summed E-state index contributed by atoms with van der Waals surface area (Å²) in [6.07, 6.45) is -2.29. The minimum Gasteiger partial charge on any atom is -0.357 e. The molecule has 0 aliphatic carbocycles. The second-order valence-corrected chi connectivity index (χ2v) is 6.34. The van der Waals surface area contributed by atoms with Crippen molar-refractivity contribution < 1.29 is 22.8 Å². The number of nitrogens with zero attached hydrogens (tertiary/aromatic N) is 3. The summed E-state index contributed by atoms with van der Waals surface area (Å²) in [4.78, 5) is 23.8. The van der Waals surface area contributed by atoms with Crippen molar-refractivity contribution in [3.8, 4) is 0 Å². The van der Waals surface area contributed by atoms with Crippen molar-refractivity contribution in [2.75, 3.05) is 24.6 Å². The lowest BCUT2D eigenvalue weighted by molar-refractivity contribution is -0.199. The van der Waals surface area contributed by atoms with Crippen LogP contribution in [0.1, 0.15) is 39.2 Å². The minimum absolute atomic E-state index is 0.0307. The maximum Gasteiger partial charge on any atom is 0.417 e. The van der Waals surface area contributed by atoms with Gasteiger partial charge < -0.3 is 4.90 Å². The average Bonchev–Trinajstić information content (AvgIpc) is 2.58. The van der Waals surface area contributed by atoms with Crippen LogP contribution in [0.3, 0.4) is 0 Å². The van der Waals surface area contributed by atoms with Crippen LogP contribution in [0.15, 0.2) is 18.3 Å². The molecule has 0 unspecified atom stereocenters. The monoisotopic (exact) mass is 359 g/mol. The van der Waals surface area contributed by atoms with Crippen LogP contribution in [0.4, 0.5) is 19.0 Å². The summed E-state index contributed by atoms with van der Waals surface area (Å²) >= 11 is 0. The van der Waals surface area contributed by atoms with Crippen LogP contribution in [-0.2, 0) is 15.8 Å². The van der Waals surface area contributed by atoms with E-state index in [0.29, 0.717) is 38.4 Å². The van der Waals surface area contributed by atoms with E-state index in [9.17, 15) is 18.0 Å². The number of aromatic nitrogens is 1. The van der Waals surface area contributed by atoms with Gasteiger partial charge in [0.05, 0.1) is 18.2 Å². The molecule has 0 atom stereocenters. The van der Waals surface area contributed by atoms with Crippen LogP contribution in [0, 0.1) is 5.92 Å². The fraction of sp³-hybridized carbons (Fsp3) is 0.647. The smallest absolute Gasteiger partial charge is 0.357 e. The number of carbonyl (C=O) groups is 1. The zero-order chi connectivity index (χ0) is 18.6. The lowest BCUT2D eigenvalue weighted by Crippen LogP contribution is -2.45. The number of hydroxylamine groups is 2. The Bertz CT molecular complexity index is 567. The number of hydrogen-bond donors (Lipinski definition) is 0. The van der Waals surface area contributed by atoms with E-state index in [1.165, 1.54) is 11.1 Å². The first-order valence-corrected chi connectivity index (χ1v) is 8.48. The first kappa shape index (κ1) is 19.5. The Hall–Kier alpha value is -1.83. The van der Waals surface area contributed by atoms with E-state index in [-0.39, 0.29) is 17.9 Å². The molecular formula is C17H24F3N3O2. The zero-order valence-electron chi connectivity index (χ0n) is 14.7. The third-order valence-corrected chi connectivity index (χ3v) is 4.20. The summed E-state index contributed by atoms with van der Waals surface area (Å²) in [5, 5.41) is 1.43. The molecule has 0 radical (unpaired) electrons. The largest absolute Gasteiger partial charge is 0.417 e. The van der Waals surface area contributed by atoms with Gasteiger partial charge in [-0.05, 0) is 45.7 Å². The van der Waals surface area contributed by atoms with Gasteiger partial charge in [0.15, 0.2) is 0 Å². The second kappa shape index (κ2) is 8.03. The van der Waals surface area contributed by atoms with Crippen LogP contribution >= 0.6 is 0 Å². The topological polar surface area (TPSA) is 45.7 Å². The average molecular weight is 359 g/mol. The summed E-state index contributed by atoms with van der Waals surface area (Å²) in [7, 11) is 0. The molecule has 1 saturated heterocycles. The van der Waals surface area contributed by atoms with Gasteiger partial charge in [-0.2, -0.15) is 13.2 Å². The number of anilines is 1. The number of amides is 1. The minimum atomic E-state index is -4.38. The van der Waals surface area contributed by atoms with Crippen LogP contribution in [-0.4, -0.2) is 41.7 Å². The van der Waals surface area contributed by atoms with Gasteiger partial charge in [-0.15, -0.1) is 0 Å². The van der Waals surface area contributed by atoms with Crippen LogP contribution in [0.5, 0.6) is 0 Å². The molecule has 2 rings (SSSR count). The van der Waals surface area contributed by atoms with Crippen LogP contribution in [0.25, 0.3) is 0 Å². The predicted molar refractivity (Wildman–Crippen MR) is 87.8 cm³/mol. The Morgan fingerprint density at radius 1 is 1.36 bits per heavy atom. The number of rotatable bonds is 5. The zero-order valence-corrected chi connectivity index (χ0v) is 14.7. The van der Waals surface area contributed by atoms with Crippen molar-refractivity contribution >= 4 is 11.7 Å². The highest BCUT2D eigenvalue weighted by Crippen LogP contribution is 2.30. The molecule has 1 fully saturated rings. The molecule has 2 heterocycles. The van der Waals surface area contributed by atoms with Crippen molar-refractivity contribution in [1.29, 1.82) is 0 Å². The molecule has 0 bridgehead atoms. The maximum atomic E-state index is 12.6. The molecule has 25 heavy (non-hydrogen) atoms. The highest BCUT2D eigenvalue weighted by Gasteiger charge is 2.32. The summed E-state index contributed by atoms with van der Waals surface area (Å²) in [5.41, 5.74) is -0.759. The molecule has 140 valence electrons. The van der Waals surface area contributed by atoms with Crippen LogP contribution in [0.2, 0.25) is 0 Å². The van der Waals surface area contributed by atoms with Gasteiger partial charge in [0.2, 0.25) is 5.91 Å². The van der Waals surface area contributed by atoms with Gasteiger partial charge >= 0.3 is 6.18 Å². The Labute approximate surface area is 145 Å². The Kier molecular flexibility index (Phi) is 6.26. The Morgan fingerprint density at radius 3 is 2.44 bits per heavy atom. The number of alkyl halides is 3. The molecular weight excluding hydrogens is 335 g/mol. The van der Waals surface area contributed by atoms with Gasteiger partial charge in [0.1, 0.15) is 5.82 Å². The molecule has 0 N–H and O–H groups in total. The number of hydrogen-bond acceptors (Lipinski definition) is 4. The lowest BCUT2D eigenvalue weighted by Gasteiger charge is -2.35. The van der Waals surface area contributed by atoms with Crippen molar-refractivity contribution in [3.63, 3.8) is 0 Å². The lowest BCUT2D eigenvalue weighted by atomic mass is 9.95. The number of halogens is 3. The third-order valence-electron chi connectivity index (χ3n) is 4.20.